The van der Waals surface area contributed by atoms with Crippen LogP contribution in [-0.2, 0) is 0 Å². The summed E-state index contributed by atoms with van der Waals surface area (Å²) in [5.74, 6) is 1.66. The Morgan fingerprint density at radius 1 is 1.17 bits per heavy atom. The lowest BCUT2D eigenvalue weighted by molar-refractivity contribution is 1.22. The van der Waals surface area contributed by atoms with Crippen LogP contribution in [0.2, 0.25) is 0 Å². The maximum Gasteiger partial charge on any atom is 0.172 e. The fourth-order valence-electron chi connectivity index (χ4n) is 1.95. The van der Waals surface area contributed by atoms with Gasteiger partial charge in [0.1, 0.15) is 5.82 Å². The van der Waals surface area contributed by atoms with Crippen LogP contribution in [-0.4, -0.2) is 17.0 Å². The van der Waals surface area contributed by atoms with Crippen LogP contribution >= 0.6 is 11.3 Å². The molecule has 0 saturated carbocycles. The molecule has 0 aliphatic rings. The fourth-order valence-corrected chi connectivity index (χ4v) is 2.61. The first-order valence-electron chi connectivity index (χ1n) is 5.78. The van der Waals surface area contributed by atoms with Crippen LogP contribution in [0.25, 0.3) is 21.6 Å². The van der Waals surface area contributed by atoms with Crippen molar-refractivity contribution < 1.29 is 0 Å². The molecule has 0 radical (unpaired) electrons. The highest BCUT2D eigenvalue weighted by Gasteiger charge is 2.09. The molecule has 2 aromatic heterocycles. The Kier molecular flexibility index (Phi) is 2.72. The summed E-state index contributed by atoms with van der Waals surface area (Å²) in [7, 11) is 1.89. The van der Waals surface area contributed by atoms with Gasteiger partial charge >= 0.3 is 0 Å². The van der Waals surface area contributed by atoms with Gasteiger partial charge in [0.05, 0.1) is 10.4 Å². The minimum absolute atomic E-state index is 0.783. The molecule has 0 fully saturated rings. The zero-order valence-electron chi connectivity index (χ0n) is 10.3. The number of thiophene rings is 1. The molecule has 90 valence electrons. The maximum absolute atomic E-state index is 4.63. The molecule has 0 spiro atoms. The van der Waals surface area contributed by atoms with Crippen molar-refractivity contribution in [1.82, 2.24) is 9.97 Å². The number of aryl methyl sites for hydroxylation is 1. The van der Waals surface area contributed by atoms with Crippen molar-refractivity contribution in [2.75, 3.05) is 12.4 Å². The van der Waals surface area contributed by atoms with Gasteiger partial charge in [-0.3, -0.25) is 0 Å². The van der Waals surface area contributed by atoms with Crippen LogP contribution in [0, 0.1) is 6.92 Å². The molecule has 0 aliphatic heterocycles. The van der Waals surface area contributed by atoms with E-state index >= 15 is 0 Å². The van der Waals surface area contributed by atoms with Crippen LogP contribution < -0.4 is 5.32 Å². The smallest absolute Gasteiger partial charge is 0.172 e. The summed E-state index contributed by atoms with van der Waals surface area (Å²) >= 11 is 1.65. The lowest BCUT2D eigenvalue weighted by Crippen LogP contribution is -1.98. The minimum Gasteiger partial charge on any atom is -0.373 e. The minimum atomic E-state index is 0.783. The summed E-state index contributed by atoms with van der Waals surface area (Å²) < 4.78 is 0. The third-order valence-electron chi connectivity index (χ3n) is 2.83. The molecule has 1 N–H and O–H groups in total. The maximum atomic E-state index is 4.63. The van der Waals surface area contributed by atoms with Crippen LogP contribution in [0.3, 0.4) is 0 Å². The van der Waals surface area contributed by atoms with E-state index in [1.807, 2.05) is 30.6 Å². The average molecular weight is 255 g/mol. The largest absolute Gasteiger partial charge is 0.373 e. The van der Waals surface area contributed by atoms with E-state index in [0.717, 1.165) is 27.4 Å². The van der Waals surface area contributed by atoms with Gasteiger partial charge in [-0.15, -0.1) is 11.3 Å². The predicted molar refractivity (Wildman–Crippen MR) is 77.1 cm³/mol. The van der Waals surface area contributed by atoms with Crippen molar-refractivity contribution >= 4 is 28.1 Å². The van der Waals surface area contributed by atoms with Gasteiger partial charge < -0.3 is 5.32 Å². The van der Waals surface area contributed by atoms with Crippen LogP contribution in [0.1, 0.15) is 5.56 Å². The summed E-state index contributed by atoms with van der Waals surface area (Å²) in [5.41, 5.74) is 2.19. The summed E-state index contributed by atoms with van der Waals surface area (Å²) in [6, 6.07) is 10.3. The number of anilines is 1. The van der Waals surface area contributed by atoms with Gasteiger partial charge in [0, 0.05) is 12.4 Å². The number of rotatable bonds is 2. The Morgan fingerprint density at radius 3 is 2.78 bits per heavy atom. The number of nitrogens with one attached hydrogen (secondary N) is 1. The highest BCUT2D eigenvalue weighted by Crippen LogP contribution is 2.27. The third-order valence-corrected chi connectivity index (χ3v) is 3.70. The second-order valence-corrected chi connectivity index (χ2v) is 5.09. The average Bonchev–Trinajstić information content (AvgIpc) is 2.91. The van der Waals surface area contributed by atoms with E-state index in [-0.39, 0.29) is 0 Å². The fraction of sp³-hybridized carbons (Fsp3) is 0.143. The first-order chi connectivity index (χ1) is 8.78. The molecule has 1 aromatic carbocycles. The molecule has 0 unspecified atom stereocenters. The summed E-state index contributed by atoms with van der Waals surface area (Å²) in [5, 5.41) is 6.26. The lowest BCUT2D eigenvalue weighted by atomic mass is 10.1. The van der Waals surface area contributed by atoms with Crippen molar-refractivity contribution in [3.8, 4) is 10.7 Å². The molecule has 0 bridgehead atoms. The predicted octanol–water partition coefficient (Wildman–Crippen LogP) is 3.71. The van der Waals surface area contributed by atoms with Crippen LogP contribution in [0.15, 0.2) is 35.7 Å². The van der Waals surface area contributed by atoms with Gasteiger partial charge in [0.25, 0.3) is 0 Å². The Labute approximate surface area is 110 Å². The summed E-state index contributed by atoms with van der Waals surface area (Å²) in [6.07, 6.45) is 0. The Morgan fingerprint density at radius 2 is 2.06 bits per heavy atom. The number of aromatic nitrogens is 2. The van der Waals surface area contributed by atoms with E-state index in [1.165, 1.54) is 5.56 Å². The molecule has 3 aromatic rings. The molecule has 3 nitrogen and oxygen atoms in total. The Bertz CT molecular complexity index is 690. The van der Waals surface area contributed by atoms with E-state index in [0.29, 0.717) is 0 Å². The SMILES string of the molecule is CNc1nc(-c2cccs2)nc2ccc(C)cc12. The lowest BCUT2D eigenvalue weighted by Gasteiger charge is -2.07. The zero-order valence-corrected chi connectivity index (χ0v) is 11.1. The highest BCUT2D eigenvalue weighted by molar-refractivity contribution is 7.13. The Balaban J connectivity index is 2.28. The van der Waals surface area contributed by atoms with Crippen LogP contribution in [0.4, 0.5) is 5.82 Å². The number of hydrogen-bond donors (Lipinski definition) is 1. The zero-order chi connectivity index (χ0) is 12.5. The third kappa shape index (κ3) is 1.84. The molecule has 2 heterocycles. The molecule has 0 amide bonds. The van der Waals surface area contributed by atoms with Crippen LogP contribution in [0.5, 0.6) is 0 Å². The summed E-state index contributed by atoms with van der Waals surface area (Å²) in [4.78, 5) is 10.3. The van der Waals surface area contributed by atoms with E-state index in [4.69, 9.17) is 0 Å². The van der Waals surface area contributed by atoms with Gasteiger partial charge in [0.15, 0.2) is 5.82 Å². The van der Waals surface area contributed by atoms with E-state index in [1.54, 1.807) is 11.3 Å². The molecular formula is C14H13N3S. The van der Waals surface area contributed by atoms with Crippen molar-refractivity contribution in [1.29, 1.82) is 0 Å². The van der Waals surface area contributed by atoms with Gasteiger partial charge in [-0.25, -0.2) is 9.97 Å². The number of nitrogens with zero attached hydrogens (tertiary/aromatic N) is 2. The number of benzene rings is 1. The standard InChI is InChI=1S/C14H13N3S/c1-9-5-6-11-10(8-9)13(15-2)17-14(16-11)12-4-3-7-18-12/h3-8H,1-2H3,(H,15,16,17). The summed E-state index contributed by atoms with van der Waals surface area (Å²) in [6.45, 7) is 2.08. The first kappa shape index (κ1) is 11.2. The van der Waals surface area contributed by atoms with Gasteiger partial charge in [-0.05, 0) is 30.5 Å². The van der Waals surface area contributed by atoms with E-state index in [9.17, 15) is 0 Å². The molecule has 0 saturated heterocycles. The first-order valence-corrected chi connectivity index (χ1v) is 6.66. The highest BCUT2D eigenvalue weighted by atomic mass is 32.1. The molecule has 3 rings (SSSR count). The number of fused-ring (bicyclic) bond motifs is 1. The topological polar surface area (TPSA) is 37.8 Å². The second kappa shape index (κ2) is 4.38. The molecule has 18 heavy (non-hydrogen) atoms. The molecule has 0 aliphatic carbocycles. The van der Waals surface area contributed by atoms with Crippen molar-refractivity contribution in [2.45, 2.75) is 6.92 Å². The quantitative estimate of drug-likeness (QED) is 0.758. The van der Waals surface area contributed by atoms with Crippen molar-refractivity contribution in [2.24, 2.45) is 0 Å². The van der Waals surface area contributed by atoms with E-state index < -0.39 is 0 Å². The van der Waals surface area contributed by atoms with Gasteiger partial charge in [0.2, 0.25) is 0 Å². The monoisotopic (exact) mass is 255 g/mol. The van der Waals surface area contributed by atoms with Crippen molar-refractivity contribution in [3.63, 3.8) is 0 Å². The van der Waals surface area contributed by atoms with E-state index in [2.05, 4.69) is 34.3 Å². The Hall–Kier alpha value is -1.94. The normalized spacial score (nSPS) is 10.8. The molecular weight excluding hydrogens is 242 g/mol. The van der Waals surface area contributed by atoms with Gasteiger partial charge in [-0.2, -0.15) is 0 Å². The molecule has 0 atom stereocenters. The second-order valence-electron chi connectivity index (χ2n) is 4.14. The molecule has 4 heteroatoms. The van der Waals surface area contributed by atoms with Crippen molar-refractivity contribution in [3.05, 3.63) is 41.3 Å². The number of hydrogen-bond acceptors (Lipinski definition) is 4. The van der Waals surface area contributed by atoms with Gasteiger partial charge in [-0.1, -0.05) is 17.7 Å².